The van der Waals surface area contributed by atoms with E-state index in [0.29, 0.717) is 12.1 Å². The van der Waals surface area contributed by atoms with Crippen molar-refractivity contribution in [3.8, 4) is 0 Å². The molecule has 1 aromatic carbocycles. The van der Waals surface area contributed by atoms with Crippen LogP contribution >= 0.6 is 0 Å². The third-order valence-corrected chi connectivity index (χ3v) is 3.51. The number of rotatable bonds is 6. The number of hydrogen-bond donors (Lipinski definition) is 0. The Labute approximate surface area is 135 Å². The Bertz CT molecular complexity index is 644. The lowest BCUT2D eigenvalue weighted by Gasteiger charge is -2.25. The molecule has 0 N–H and O–H groups in total. The molecule has 23 heavy (non-hydrogen) atoms. The lowest BCUT2D eigenvalue weighted by Crippen LogP contribution is -2.36. The zero-order valence-electron chi connectivity index (χ0n) is 13.3. The van der Waals surface area contributed by atoms with E-state index in [-0.39, 0.29) is 18.4 Å². The summed E-state index contributed by atoms with van der Waals surface area (Å²) in [5, 5.41) is 0. The van der Waals surface area contributed by atoms with Crippen molar-refractivity contribution < 1.29 is 14.3 Å². The van der Waals surface area contributed by atoms with Gasteiger partial charge in [0.2, 0.25) is 0 Å². The molecule has 1 unspecified atom stereocenters. The maximum absolute atomic E-state index is 12.7. The summed E-state index contributed by atoms with van der Waals surface area (Å²) >= 11 is 0. The number of methoxy groups -OCH3 is 1. The second-order valence-corrected chi connectivity index (χ2v) is 5.34. The Kier molecular flexibility index (Phi) is 5.86. The number of nitrogens with zero attached hydrogens (tertiary/aromatic N) is 2. The van der Waals surface area contributed by atoms with Gasteiger partial charge in [-0.3, -0.25) is 14.6 Å². The van der Waals surface area contributed by atoms with Crippen molar-refractivity contribution in [2.75, 3.05) is 13.7 Å². The standard InChI is InChI=1S/C18H20N2O3/c1-14(18(22)23-2)12-20(13-15-7-4-3-5-8-15)17(21)16-9-6-10-19-11-16/h3-11,14H,12-13H2,1-2H3. The molecular formula is C18H20N2O3. The fourth-order valence-electron chi connectivity index (χ4n) is 2.30. The Balaban J connectivity index is 2.20. The molecular weight excluding hydrogens is 292 g/mol. The monoisotopic (exact) mass is 312 g/mol. The second-order valence-electron chi connectivity index (χ2n) is 5.34. The normalized spacial score (nSPS) is 11.6. The van der Waals surface area contributed by atoms with Crippen molar-refractivity contribution in [1.82, 2.24) is 9.88 Å². The van der Waals surface area contributed by atoms with E-state index in [1.54, 1.807) is 30.2 Å². The highest BCUT2D eigenvalue weighted by Crippen LogP contribution is 2.13. The van der Waals surface area contributed by atoms with E-state index in [2.05, 4.69) is 4.98 Å². The molecule has 0 aliphatic carbocycles. The Hall–Kier alpha value is -2.69. The quantitative estimate of drug-likeness (QED) is 0.769. The van der Waals surface area contributed by atoms with Gasteiger partial charge in [-0.25, -0.2) is 0 Å². The average Bonchev–Trinajstić information content (AvgIpc) is 2.61. The van der Waals surface area contributed by atoms with E-state index < -0.39 is 5.92 Å². The molecule has 0 spiro atoms. The highest BCUT2D eigenvalue weighted by atomic mass is 16.5. The van der Waals surface area contributed by atoms with Crippen LogP contribution in [0.15, 0.2) is 54.9 Å². The van der Waals surface area contributed by atoms with Crippen LogP contribution in [0.5, 0.6) is 0 Å². The molecule has 1 amide bonds. The van der Waals surface area contributed by atoms with Gasteiger partial charge in [-0.05, 0) is 17.7 Å². The number of amides is 1. The van der Waals surface area contributed by atoms with Gasteiger partial charge in [0.1, 0.15) is 0 Å². The number of carbonyl (C=O) groups excluding carboxylic acids is 2. The molecule has 1 heterocycles. The van der Waals surface area contributed by atoms with E-state index in [9.17, 15) is 9.59 Å². The SMILES string of the molecule is COC(=O)C(C)CN(Cc1ccccc1)C(=O)c1cccnc1. The van der Waals surface area contributed by atoms with Crippen molar-refractivity contribution in [3.63, 3.8) is 0 Å². The summed E-state index contributed by atoms with van der Waals surface area (Å²) in [4.78, 5) is 30.0. The number of hydrogen-bond acceptors (Lipinski definition) is 4. The van der Waals surface area contributed by atoms with Crippen molar-refractivity contribution in [1.29, 1.82) is 0 Å². The molecule has 5 nitrogen and oxygen atoms in total. The van der Waals surface area contributed by atoms with Gasteiger partial charge < -0.3 is 9.64 Å². The maximum atomic E-state index is 12.7. The van der Waals surface area contributed by atoms with Crippen molar-refractivity contribution in [2.45, 2.75) is 13.5 Å². The van der Waals surface area contributed by atoms with Crippen LogP contribution < -0.4 is 0 Å². The van der Waals surface area contributed by atoms with Gasteiger partial charge in [-0.15, -0.1) is 0 Å². The van der Waals surface area contributed by atoms with Crippen LogP contribution in [0.1, 0.15) is 22.8 Å². The third-order valence-electron chi connectivity index (χ3n) is 3.51. The summed E-state index contributed by atoms with van der Waals surface area (Å²) in [6, 6.07) is 13.1. The largest absolute Gasteiger partial charge is 0.469 e. The minimum atomic E-state index is -0.399. The average molecular weight is 312 g/mol. The van der Waals surface area contributed by atoms with Crippen LogP contribution in [-0.2, 0) is 16.1 Å². The first-order valence-electron chi connectivity index (χ1n) is 7.43. The van der Waals surface area contributed by atoms with E-state index in [1.807, 2.05) is 30.3 Å². The van der Waals surface area contributed by atoms with E-state index in [0.717, 1.165) is 5.56 Å². The lowest BCUT2D eigenvalue weighted by atomic mass is 10.1. The topological polar surface area (TPSA) is 59.5 Å². The van der Waals surface area contributed by atoms with E-state index >= 15 is 0 Å². The molecule has 5 heteroatoms. The molecule has 0 saturated heterocycles. The van der Waals surface area contributed by atoms with Gasteiger partial charge >= 0.3 is 5.97 Å². The molecule has 0 fully saturated rings. The first-order valence-corrected chi connectivity index (χ1v) is 7.43. The van der Waals surface area contributed by atoms with Gasteiger partial charge in [0, 0.05) is 25.5 Å². The van der Waals surface area contributed by atoms with Crippen molar-refractivity contribution in [2.24, 2.45) is 5.92 Å². The smallest absolute Gasteiger partial charge is 0.310 e. The van der Waals surface area contributed by atoms with Crippen LogP contribution in [0, 0.1) is 5.92 Å². The highest BCUT2D eigenvalue weighted by Gasteiger charge is 2.22. The highest BCUT2D eigenvalue weighted by molar-refractivity contribution is 5.94. The fraction of sp³-hybridized carbons (Fsp3) is 0.278. The minimum Gasteiger partial charge on any atom is -0.469 e. The number of benzene rings is 1. The molecule has 0 aliphatic rings. The fourth-order valence-corrected chi connectivity index (χ4v) is 2.30. The number of ether oxygens (including phenoxy) is 1. The number of carbonyl (C=O) groups is 2. The zero-order valence-corrected chi connectivity index (χ0v) is 13.3. The molecule has 1 atom stereocenters. The molecule has 0 aliphatic heterocycles. The Morgan fingerprint density at radius 1 is 1.17 bits per heavy atom. The number of pyridine rings is 1. The number of esters is 1. The Morgan fingerprint density at radius 2 is 1.91 bits per heavy atom. The van der Waals surface area contributed by atoms with E-state index in [1.165, 1.54) is 13.3 Å². The van der Waals surface area contributed by atoms with Gasteiger partial charge in [0.15, 0.2) is 0 Å². The summed E-state index contributed by atoms with van der Waals surface area (Å²) < 4.78 is 4.76. The van der Waals surface area contributed by atoms with E-state index in [4.69, 9.17) is 4.74 Å². The summed E-state index contributed by atoms with van der Waals surface area (Å²) in [6.07, 6.45) is 3.15. The molecule has 2 rings (SSSR count). The molecule has 120 valence electrons. The van der Waals surface area contributed by atoms with Gasteiger partial charge in [0.05, 0.1) is 18.6 Å². The predicted octanol–water partition coefficient (Wildman–Crippen LogP) is 2.53. The zero-order chi connectivity index (χ0) is 16.7. The van der Waals surface area contributed by atoms with Crippen molar-refractivity contribution in [3.05, 3.63) is 66.0 Å². The second kappa shape index (κ2) is 8.08. The van der Waals surface area contributed by atoms with Crippen LogP contribution in [-0.4, -0.2) is 35.4 Å². The molecule has 0 bridgehead atoms. The van der Waals surface area contributed by atoms with Crippen LogP contribution in [0.3, 0.4) is 0 Å². The molecule has 1 aromatic heterocycles. The first-order chi connectivity index (χ1) is 11.1. The van der Waals surface area contributed by atoms with Crippen LogP contribution in [0.2, 0.25) is 0 Å². The number of aromatic nitrogens is 1. The third kappa shape index (κ3) is 4.64. The molecule has 0 radical (unpaired) electrons. The summed E-state index contributed by atoms with van der Waals surface area (Å²) in [5.41, 5.74) is 1.50. The summed E-state index contributed by atoms with van der Waals surface area (Å²) in [7, 11) is 1.35. The van der Waals surface area contributed by atoms with Gasteiger partial charge in [-0.1, -0.05) is 37.3 Å². The Morgan fingerprint density at radius 3 is 2.52 bits per heavy atom. The minimum absolute atomic E-state index is 0.155. The first kappa shape index (κ1) is 16.7. The van der Waals surface area contributed by atoms with Crippen LogP contribution in [0.4, 0.5) is 0 Å². The summed E-state index contributed by atoms with van der Waals surface area (Å²) in [5.74, 6) is -0.885. The molecule has 0 saturated carbocycles. The maximum Gasteiger partial charge on any atom is 0.310 e. The lowest BCUT2D eigenvalue weighted by molar-refractivity contribution is -0.145. The van der Waals surface area contributed by atoms with Crippen LogP contribution in [0.25, 0.3) is 0 Å². The van der Waals surface area contributed by atoms with Gasteiger partial charge in [0.25, 0.3) is 5.91 Å². The summed E-state index contributed by atoms with van der Waals surface area (Å²) in [6.45, 7) is 2.46. The molecule has 2 aromatic rings. The predicted molar refractivity (Wildman–Crippen MR) is 86.6 cm³/mol. The van der Waals surface area contributed by atoms with Crippen molar-refractivity contribution >= 4 is 11.9 Å². The van der Waals surface area contributed by atoms with Gasteiger partial charge in [-0.2, -0.15) is 0 Å².